The van der Waals surface area contributed by atoms with Crippen molar-refractivity contribution in [3.05, 3.63) is 175 Å². The summed E-state index contributed by atoms with van der Waals surface area (Å²) in [5.74, 6) is 4.87. The summed E-state index contributed by atoms with van der Waals surface area (Å²) in [7, 11) is 0. The van der Waals surface area contributed by atoms with Crippen LogP contribution in [0, 0.1) is 11.8 Å². The number of hydrogen-bond donors (Lipinski definition) is 0. The number of hydrogen-bond acceptors (Lipinski definition) is 7. The van der Waals surface area contributed by atoms with Gasteiger partial charge in [0.25, 0.3) is 0 Å². The Labute approximate surface area is 359 Å². The first-order valence-electron chi connectivity index (χ1n) is 21.9. The van der Waals surface area contributed by atoms with E-state index in [9.17, 15) is 0 Å². The van der Waals surface area contributed by atoms with Gasteiger partial charge < -0.3 is 4.42 Å². The standard InChI is InChI=1S/C55H40N6O/c1-3-13-33(14-4-1)49-56-51(61-54(60-49)42-19-12-22-47-48(42)41-18-6-8-21-46(41)62-47)36-16-11-15-35(30-36)50-57-52(37-24-23-34-29-39(34)31-37)59-53(58-50)38-25-26-45-43(32-38)40-17-5-7-20-44(40)55(45)27-9-2-10-28-55/h1,3-8,11-26,30-32,34,39H,2,9-10,27-29H2. The smallest absolute Gasteiger partial charge is 0.164 e. The number of nitrogens with zero attached hydrogens (tertiary/aromatic N) is 6. The number of benzene rings is 6. The van der Waals surface area contributed by atoms with E-state index in [0.717, 1.165) is 55.3 Å². The van der Waals surface area contributed by atoms with Crippen LogP contribution in [-0.2, 0) is 5.41 Å². The van der Waals surface area contributed by atoms with Gasteiger partial charge in [-0.2, -0.15) is 0 Å². The van der Waals surface area contributed by atoms with E-state index >= 15 is 0 Å². The second-order valence-corrected chi connectivity index (χ2v) is 17.3. The van der Waals surface area contributed by atoms with Crippen LogP contribution < -0.4 is 0 Å². The zero-order valence-corrected chi connectivity index (χ0v) is 34.0. The number of fused-ring (bicyclic) bond motifs is 9. The third-order valence-corrected chi connectivity index (χ3v) is 13.6. The Bertz CT molecular complexity index is 3340. The average Bonchev–Trinajstić information content (AvgIpc) is 3.96. The van der Waals surface area contributed by atoms with E-state index in [1.807, 2.05) is 72.8 Å². The van der Waals surface area contributed by atoms with E-state index < -0.39 is 0 Å². The summed E-state index contributed by atoms with van der Waals surface area (Å²) in [6.45, 7) is 0. The van der Waals surface area contributed by atoms with E-state index in [4.69, 9.17) is 34.3 Å². The molecule has 0 saturated heterocycles. The van der Waals surface area contributed by atoms with Crippen molar-refractivity contribution in [2.24, 2.45) is 11.8 Å². The van der Waals surface area contributed by atoms with Gasteiger partial charge in [-0.05, 0) is 77.6 Å². The Morgan fingerprint density at radius 2 is 1.06 bits per heavy atom. The van der Waals surface area contributed by atoms with E-state index in [0.29, 0.717) is 46.8 Å². The molecule has 0 radical (unpaired) electrons. The summed E-state index contributed by atoms with van der Waals surface area (Å²) >= 11 is 0. The van der Waals surface area contributed by atoms with Crippen LogP contribution in [0.2, 0.25) is 0 Å². The highest BCUT2D eigenvalue weighted by Crippen LogP contribution is 2.56. The molecule has 0 amide bonds. The third-order valence-electron chi connectivity index (χ3n) is 13.6. The molecule has 7 nitrogen and oxygen atoms in total. The largest absolute Gasteiger partial charge is 0.456 e. The quantitative estimate of drug-likeness (QED) is 0.165. The van der Waals surface area contributed by atoms with E-state index in [2.05, 4.69) is 85.0 Å². The van der Waals surface area contributed by atoms with Crippen LogP contribution in [0.1, 0.15) is 55.5 Å². The highest BCUT2D eigenvalue weighted by Gasteiger charge is 2.43. The molecular weight excluding hydrogens is 761 g/mol. The fourth-order valence-electron chi connectivity index (χ4n) is 10.5. The van der Waals surface area contributed by atoms with Crippen molar-refractivity contribution in [2.45, 2.75) is 43.9 Å². The molecule has 7 heteroatoms. The van der Waals surface area contributed by atoms with Gasteiger partial charge in [-0.3, -0.25) is 0 Å². The lowest BCUT2D eigenvalue weighted by molar-refractivity contribution is 0.353. The lowest BCUT2D eigenvalue weighted by atomic mass is 9.68. The molecule has 2 atom stereocenters. The monoisotopic (exact) mass is 800 g/mol. The van der Waals surface area contributed by atoms with Crippen LogP contribution in [0.15, 0.2) is 162 Å². The fraction of sp³-hybridized carbons (Fsp3) is 0.164. The number of allylic oxidation sites excluding steroid dienone is 4. The van der Waals surface area contributed by atoms with Gasteiger partial charge in [0.05, 0.1) is 0 Å². The Morgan fingerprint density at radius 1 is 0.452 bits per heavy atom. The molecular formula is C55H40N6O. The highest BCUT2D eigenvalue weighted by molar-refractivity contribution is 6.11. The fourth-order valence-corrected chi connectivity index (χ4v) is 10.5. The van der Waals surface area contributed by atoms with Crippen LogP contribution in [-0.4, -0.2) is 29.9 Å². The Balaban J connectivity index is 0.958. The summed E-state index contributed by atoms with van der Waals surface area (Å²) < 4.78 is 6.28. The Morgan fingerprint density at radius 3 is 1.87 bits per heavy atom. The Hall–Kier alpha value is -7.38. The van der Waals surface area contributed by atoms with Gasteiger partial charge in [-0.15, -0.1) is 0 Å². The number of rotatable bonds is 6. The lowest BCUT2D eigenvalue weighted by Gasteiger charge is -2.35. The topological polar surface area (TPSA) is 90.5 Å². The van der Waals surface area contributed by atoms with Gasteiger partial charge in [0, 0.05) is 49.6 Å². The molecule has 0 aliphatic heterocycles. The van der Waals surface area contributed by atoms with Crippen molar-refractivity contribution in [3.8, 4) is 68.1 Å². The predicted octanol–water partition coefficient (Wildman–Crippen LogP) is 13.1. The van der Waals surface area contributed by atoms with Crippen LogP contribution >= 0.6 is 0 Å². The molecule has 4 aliphatic carbocycles. The van der Waals surface area contributed by atoms with Crippen molar-refractivity contribution in [3.63, 3.8) is 0 Å². The van der Waals surface area contributed by atoms with E-state index in [1.165, 1.54) is 60.8 Å². The van der Waals surface area contributed by atoms with E-state index in [-0.39, 0.29) is 5.41 Å². The number of para-hydroxylation sites is 1. The van der Waals surface area contributed by atoms with Crippen molar-refractivity contribution in [1.29, 1.82) is 0 Å². The van der Waals surface area contributed by atoms with Crippen molar-refractivity contribution >= 4 is 27.5 Å². The van der Waals surface area contributed by atoms with Gasteiger partial charge in [-0.1, -0.05) is 153 Å². The summed E-state index contributed by atoms with van der Waals surface area (Å²) in [6.07, 6.45) is 14.3. The number of furan rings is 1. The molecule has 13 rings (SSSR count). The first-order chi connectivity index (χ1) is 30.6. The maximum Gasteiger partial charge on any atom is 0.164 e. The van der Waals surface area contributed by atoms with Crippen molar-refractivity contribution in [2.75, 3.05) is 0 Å². The van der Waals surface area contributed by atoms with Gasteiger partial charge >= 0.3 is 0 Å². The maximum absolute atomic E-state index is 6.28. The average molecular weight is 801 g/mol. The van der Waals surface area contributed by atoms with E-state index in [1.54, 1.807) is 0 Å². The first-order valence-corrected chi connectivity index (χ1v) is 21.9. The third kappa shape index (κ3) is 5.72. The van der Waals surface area contributed by atoms with Crippen LogP contribution in [0.4, 0.5) is 0 Å². The normalized spacial score (nSPS) is 18.1. The second kappa shape index (κ2) is 13.8. The minimum Gasteiger partial charge on any atom is -0.456 e. The first kappa shape index (κ1) is 35.4. The zero-order chi connectivity index (χ0) is 40.8. The maximum atomic E-state index is 6.28. The molecule has 0 bridgehead atoms. The SMILES string of the molecule is C1=CC2CC2C=C1c1nc(-c2cccc(-c3nc(-c4ccccc4)nc(-c4cccc5oc6ccccc6c45)n3)c2)nc(-c2ccc3c(c2)-c2ccccc2C32CCCCC2)n1. The van der Waals surface area contributed by atoms with Crippen LogP contribution in [0.3, 0.4) is 0 Å². The summed E-state index contributed by atoms with van der Waals surface area (Å²) in [5.41, 5.74) is 12.8. The molecule has 2 saturated carbocycles. The molecule has 2 fully saturated rings. The molecule has 2 unspecified atom stereocenters. The Kier molecular flexibility index (Phi) is 7.89. The van der Waals surface area contributed by atoms with Crippen LogP contribution in [0.5, 0.6) is 0 Å². The molecule has 9 aromatic rings. The van der Waals surface area contributed by atoms with Gasteiger partial charge in [-0.25, -0.2) is 29.9 Å². The van der Waals surface area contributed by atoms with Crippen LogP contribution in [0.25, 0.3) is 95.6 Å². The molecule has 0 N–H and O–H groups in total. The molecule has 62 heavy (non-hydrogen) atoms. The summed E-state index contributed by atoms with van der Waals surface area (Å²) in [5, 5.41) is 2.00. The molecule has 1 spiro atoms. The van der Waals surface area contributed by atoms with Gasteiger partial charge in [0.15, 0.2) is 34.9 Å². The lowest BCUT2D eigenvalue weighted by Crippen LogP contribution is -2.27. The summed E-state index contributed by atoms with van der Waals surface area (Å²) in [4.78, 5) is 31.1. The number of aromatic nitrogens is 6. The van der Waals surface area contributed by atoms with Crippen molar-refractivity contribution < 1.29 is 4.42 Å². The second-order valence-electron chi connectivity index (χ2n) is 17.3. The molecule has 4 aliphatic rings. The van der Waals surface area contributed by atoms with Gasteiger partial charge in [0.1, 0.15) is 11.2 Å². The zero-order valence-electron chi connectivity index (χ0n) is 34.0. The highest BCUT2D eigenvalue weighted by atomic mass is 16.3. The molecule has 3 heterocycles. The molecule has 6 aromatic carbocycles. The van der Waals surface area contributed by atoms with Crippen molar-refractivity contribution in [1.82, 2.24) is 29.9 Å². The van der Waals surface area contributed by atoms with Gasteiger partial charge in [0.2, 0.25) is 0 Å². The minimum absolute atomic E-state index is 0.0885. The molecule has 3 aromatic heterocycles. The summed E-state index contributed by atoms with van der Waals surface area (Å²) in [6, 6.07) is 48.5. The minimum atomic E-state index is 0.0885. The predicted molar refractivity (Wildman–Crippen MR) is 246 cm³/mol. The molecule has 296 valence electrons.